The average Bonchev–Trinajstić information content (AvgIpc) is 2.71. The van der Waals surface area contributed by atoms with Gasteiger partial charge in [0.2, 0.25) is 5.91 Å². The molecule has 29 heavy (non-hydrogen) atoms. The minimum Gasteiger partial charge on any atom is -0.493 e. The fraction of sp³-hybridized carbons (Fsp3) is 0.333. The topological polar surface area (TPSA) is 103 Å². The Morgan fingerprint density at radius 3 is 2.83 bits per heavy atom. The van der Waals surface area contributed by atoms with Gasteiger partial charge in [0.05, 0.1) is 13.2 Å². The molecule has 3 rings (SSSR count). The Kier molecular flexibility index (Phi) is 6.66. The van der Waals surface area contributed by atoms with Crippen LogP contribution in [0.15, 0.2) is 42.5 Å². The van der Waals surface area contributed by atoms with E-state index in [9.17, 15) is 14.0 Å². The highest BCUT2D eigenvalue weighted by atomic mass is 19.1. The lowest BCUT2D eigenvalue weighted by Crippen LogP contribution is -2.48. The van der Waals surface area contributed by atoms with Crippen molar-refractivity contribution in [2.45, 2.75) is 31.5 Å². The largest absolute Gasteiger partial charge is 0.493 e. The van der Waals surface area contributed by atoms with Gasteiger partial charge in [-0.15, -0.1) is 0 Å². The molecule has 0 aliphatic carbocycles. The van der Waals surface area contributed by atoms with Crippen molar-refractivity contribution in [3.8, 4) is 11.5 Å². The van der Waals surface area contributed by atoms with Crippen LogP contribution in [0.2, 0.25) is 0 Å². The van der Waals surface area contributed by atoms with Gasteiger partial charge < -0.3 is 25.8 Å². The van der Waals surface area contributed by atoms with Crippen LogP contribution in [0, 0.1) is 5.82 Å². The number of carbonyl (C=O) groups is 2. The number of hydrogen-bond acceptors (Lipinski definition) is 5. The minimum absolute atomic E-state index is 0.0464. The molecule has 0 spiro atoms. The fourth-order valence-electron chi connectivity index (χ4n) is 3.37. The first kappa shape index (κ1) is 20.6. The summed E-state index contributed by atoms with van der Waals surface area (Å²) in [5, 5.41) is 6.39. The third kappa shape index (κ3) is 5.45. The summed E-state index contributed by atoms with van der Waals surface area (Å²) in [7, 11) is 1.51. The molecule has 0 unspecified atom stereocenters. The third-order valence-electron chi connectivity index (χ3n) is 4.78. The summed E-state index contributed by atoms with van der Waals surface area (Å²) in [5.41, 5.74) is 6.76. The summed E-state index contributed by atoms with van der Waals surface area (Å²) in [4.78, 5) is 22.8. The van der Waals surface area contributed by atoms with Crippen molar-refractivity contribution in [3.63, 3.8) is 0 Å². The Labute approximate surface area is 168 Å². The summed E-state index contributed by atoms with van der Waals surface area (Å²) in [6.07, 6.45) is 1.05. The molecule has 1 aliphatic rings. The van der Waals surface area contributed by atoms with Crippen molar-refractivity contribution in [2.75, 3.05) is 13.7 Å². The van der Waals surface area contributed by atoms with Crippen LogP contribution >= 0.6 is 0 Å². The molecule has 0 saturated carbocycles. The van der Waals surface area contributed by atoms with Crippen LogP contribution in [0.3, 0.4) is 0 Å². The monoisotopic (exact) mass is 401 g/mol. The van der Waals surface area contributed by atoms with Gasteiger partial charge >= 0.3 is 0 Å². The van der Waals surface area contributed by atoms with Crippen molar-refractivity contribution in [1.29, 1.82) is 0 Å². The SMILES string of the molecule is COc1cc(CN[C@@H]2CCC(=O)N[C@H]2c2cccc(F)c2)ccc1OCC(N)=O. The molecule has 1 saturated heterocycles. The normalized spacial score (nSPS) is 18.8. The Hall–Kier alpha value is -3.13. The second-order valence-corrected chi connectivity index (χ2v) is 6.87. The number of benzene rings is 2. The van der Waals surface area contributed by atoms with Crippen LogP contribution in [-0.4, -0.2) is 31.6 Å². The lowest BCUT2D eigenvalue weighted by molar-refractivity contribution is -0.124. The van der Waals surface area contributed by atoms with Crippen molar-refractivity contribution in [1.82, 2.24) is 10.6 Å². The van der Waals surface area contributed by atoms with Crippen molar-refractivity contribution in [2.24, 2.45) is 5.73 Å². The van der Waals surface area contributed by atoms with E-state index < -0.39 is 5.91 Å². The third-order valence-corrected chi connectivity index (χ3v) is 4.78. The molecule has 1 heterocycles. The van der Waals surface area contributed by atoms with E-state index in [-0.39, 0.29) is 30.4 Å². The highest BCUT2D eigenvalue weighted by Gasteiger charge is 2.29. The molecule has 0 radical (unpaired) electrons. The number of rotatable bonds is 8. The van der Waals surface area contributed by atoms with E-state index in [1.165, 1.54) is 19.2 Å². The van der Waals surface area contributed by atoms with Crippen molar-refractivity contribution < 1.29 is 23.5 Å². The summed E-state index contributed by atoms with van der Waals surface area (Å²) in [6, 6.07) is 11.3. The summed E-state index contributed by atoms with van der Waals surface area (Å²) < 4.78 is 24.3. The number of amides is 2. The predicted molar refractivity (Wildman–Crippen MR) is 105 cm³/mol. The average molecular weight is 401 g/mol. The maximum atomic E-state index is 13.6. The molecule has 2 amide bonds. The van der Waals surface area contributed by atoms with Crippen LogP contribution < -0.4 is 25.8 Å². The number of carbonyl (C=O) groups excluding carboxylic acids is 2. The first-order valence-electron chi connectivity index (χ1n) is 9.32. The second kappa shape index (κ2) is 9.38. The fourth-order valence-corrected chi connectivity index (χ4v) is 3.37. The van der Waals surface area contributed by atoms with E-state index in [4.69, 9.17) is 15.2 Å². The maximum Gasteiger partial charge on any atom is 0.255 e. The van der Waals surface area contributed by atoms with Gasteiger partial charge in [-0.2, -0.15) is 0 Å². The van der Waals surface area contributed by atoms with E-state index in [2.05, 4.69) is 10.6 Å². The van der Waals surface area contributed by atoms with Gasteiger partial charge in [0.15, 0.2) is 18.1 Å². The van der Waals surface area contributed by atoms with Crippen LogP contribution in [0.25, 0.3) is 0 Å². The maximum absolute atomic E-state index is 13.6. The number of methoxy groups -OCH3 is 1. The van der Waals surface area contributed by atoms with Gasteiger partial charge in [-0.3, -0.25) is 9.59 Å². The van der Waals surface area contributed by atoms with E-state index in [1.54, 1.807) is 12.1 Å². The molecular formula is C21H24FN3O4. The lowest BCUT2D eigenvalue weighted by Gasteiger charge is -2.33. The standard InChI is InChI=1S/C21H24FN3O4/c1-28-18-9-13(5-7-17(18)29-12-19(23)26)11-24-16-6-8-20(27)25-21(16)14-3-2-4-15(22)10-14/h2-5,7,9-10,16,21,24H,6,8,11-12H2,1H3,(H2,23,26)(H,25,27)/t16-,21+/m1/s1. The lowest BCUT2D eigenvalue weighted by atomic mass is 9.91. The highest BCUT2D eigenvalue weighted by Crippen LogP contribution is 2.29. The zero-order chi connectivity index (χ0) is 20.8. The number of halogens is 1. The van der Waals surface area contributed by atoms with Crippen molar-refractivity contribution >= 4 is 11.8 Å². The number of piperidine rings is 1. The molecule has 2 aromatic carbocycles. The summed E-state index contributed by atoms with van der Waals surface area (Å²) in [5.74, 6) is -0.0328. The Morgan fingerprint density at radius 2 is 2.10 bits per heavy atom. The smallest absolute Gasteiger partial charge is 0.255 e. The molecule has 4 N–H and O–H groups in total. The summed E-state index contributed by atoms with van der Waals surface area (Å²) >= 11 is 0. The number of primary amides is 1. The molecule has 0 bridgehead atoms. The van der Waals surface area contributed by atoms with Crippen LogP contribution in [0.1, 0.15) is 30.0 Å². The molecule has 7 nitrogen and oxygen atoms in total. The Balaban J connectivity index is 1.70. The van der Waals surface area contributed by atoms with Crippen LogP contribution in [0.5, 0.6) is 11.5 Å². The molecule has 2 atom stereocenters. The van der Waals surface area contributed by atoms with Gasteiger partial charge in [-0.1, -0.05) is 18.2 Å². The zero-order valence-electron chi connectivity index (χ0n) is 16.1. The van der Waals surface area contributed by atoms with Crippen LogP contribution in [0.4, 0.5) is 4.39 Å². The van der Waals surface area contributed by atoms with Gasteiger partial charge in [0.1, 0.15) is 5.82 Å². The number of nitrogens with one attached hydrogen (secondary N) is 2. The molecule has 0 aromatic heterocycles. The summed E-state index contributed by atoms with van der Waals surface area (Å²) in [6.45, 7) is 0.282. The van der Waals surface area contributed by atoms with Gasteiger partial charge in [-0.25, -0.2) is 4.39 Å². The molecule has 2 aromatic rings. The number of hydrogen-bond donors (Lipinski definition) is 3. The highest BCUT2D eigenvalue weighted by molar-refractivity contribution is 5.77. The Morgan fingerprint density at radius 1 is 1.28 bits per heavy atom. The van der Waals surface area contributed by atoms with Crippen molar-refractivity contribution in [3.05, 3.63) is 59.4 Å². The first-order valence-corrected chi connectivity index (χ1v) is 9.32. The quantitative estimate of drug-likeness (QED) is 0.626. The van der Waals surface area contributed by atoms with Crippen LogP contribution in [-0.2, 0) is 16.1 Å². The van der Waals surface area contributed by atoms with Gasteiger partial charge in [0, 0.05) is 19.0 Å². The number of ether oxygens (including phenoxy) is 2. The second-order valence-electron chi connectivity index (χ2n) is 6.87. The van der Waals surface area contributed by atoms with Gasteiger partial charge in [0.25, 0.3) is 5.91 Å². The van der Waals surface area contributed by atoms with E-state index >= 15 is 0 Å². The molecule has 8 heteroatoms. The van der Waals surface area contributed by atoms with E-state index in [1.807, 2.05) is 18.2 Å². The molecule has 1 aliphatic heterocycles. The first-order chi connectivity index (χ1) is 14.0. The van der Waals surface area contributed by atoms with Gasteiger partial charge in [-0.05, 0) is 41.8 Å². The molecular weight excluding hydrogens is 377 g/mol. The van der Waals surface area contributed by atoms with E-state index in [0.29, 0.717) is 30.9 Å². The number of nitrogens with two attached hydrogens (primary N) is 1. The minimum atomic E-state index is -0.569. The predicted octanol–water partition coefficient (Wildman–Crippen LogP) is 1.81. The Bertz CT molecular complexity index is 890. The molecule has 1 fully saturated rings. The zero-order valence-corrected chi connectivity index (χ0v) is 16.1. The molecule has 154 valence electrons. The van der Waals surface area contributed by atoms with E-state index in [0.717, 1.165) is 11.1 Å².